The van der Waals surface area contributed by atoms with Crippen LogP contribution in [0.4, 0.5) is 0 Å². The second-order valence-corrected chi connectivity index (χ2v) is 4.31. The molecule has 5 nitrogen and oxygen atoms in total. The van der Waals surface area contributed by atoms with Gasteiger partial charge in [0.05, 0.1) is 0 Å². The topological polar surface area (TPSA) is 75.6 Å². The van der Waals surface area contributed by atoms with Crippen LogP contribution in [0.3, 0.4) is 0 Å². The lowest BCUT2D eigenvalue weighted by Gasteiger charge is -2.17. The molecule has 0 radical (unpaired) electrons. The highest BCUT2D eigenvalue weighted by Gasteiger charge is 2.12. The minimum Gasteiger partial charge on any atom is -0.481 e. The van der Waals surface area contributed by atoms with E-state index in [1.54, 1.807) is 0 Å². The van der Waals surface area contributed by atoms with Gasteiger partial charge in [0.25, 0.3) is 0 Å². The SMILES string of the molecule is CC(=O)ON[C@H](CCC(=O)O)CCC(C)C. The zero-order valence-corrected chi connectivity index (χ0v) is 10.2. The summed E-state index contributed by atoms with van der Waals surface area (Å²) in [4.78, 5) is 25.8. The summed E-state index contributed by atoms with van der Waals surface area (Å²) in [7, 11) is 0. The van der Waals surface area contributed by atoms with Crippen molar-refractivity contribution in [2.75, 3.05) is 0 Å². The average Bonchev–Trinajstić information content (AvgIpc) is 2.15. The molecule has 0 spiro atoms. The predicted molar refractivity (Wildman–Crippen MR) is 59.6 cm³/mol. The molecule has 5 heteroatoms. The van der Waals surface area contributed by atoms with Crippen LogP contribution in [-0.4, -0.2) is 23.1 Å². The van der Waals surface area contributed by atoms with Crippen LogP contribution in [0.5, 0.6) is 0 Å². The quantitative estimate of drug-likeness (QED) is 0.622. The van der Waals surface area contributed by atoms with Crippen molar-refractivity contribution in [2.45, 2.75) is 52.5 Å². The number of carboxylic acid groups (broad SMARTS) is 1. The third kappa shape index (κ3) is 9.45. The lowest BCUT2D eigenvalue weighted by atomic mass is 10.0. The molecule has 2 N–H and O–H groups in total. The van der Waals surface area contributed by atoms with E-state index in [1.165, 1.54) is 6.92 Å². The summed E-state index contributed by atoms with van der Waals surface area (Å²) < 4.78 is 0. The fourth-order valence-electron chi connectivity index (χ4n) is 1.26. The van der Waals surface area contributed by atoms with Gasteiger partial charge in [-0.2, -0.15) is 5.48 Å². The van der Waals surface area contributed by atoms with E-state index in [0.717, 1.165) is 12.8 Å². The third-order valence-electron chi connectivity index (χ3n) is 2.17. The second kappa shape index (κ2) is 8.10. The molecule has 94 valence electrons. The van der Waals surface area contributed by atoms with E-state index in [0.29, 0.717) is 12.3 Å². The van der Waals surface area contributed by atoms with Crippen molar-refractivity contribution in [3.8, 4) is 0 Å². The molecule has 0 aliphatic heterocycles. The Hall–Kier alpha value is -1.10. The van der Waals surface area contributed by atoms with Crippen LogP contribution in [0.15, 0.2) is 0 Å². The average molecular weight is 231 g/mol. The van der Waals surface area contributed by atoms with Gasteiger partial charge in [0.15, 0.2) is 0 Å². The van der Waals surface area contributed by atoms with E-state index < -0.39 is 11.9 Å². The van der Waals surface area contributed by atoms with Gasteiger partial charge in [-0.15, -0.1) is 0 Å². The Morgan fingerprint density at radius 3 is 2.31 bits per heavy atom. The number of carbonyl (C=O) groups excluding carboxylic acids is 1. The highest BCUT2D eigenvalue weighted by Crippen LogP contribution is 2.11. The van der Waals surface area contributed by atoms with Crippen LogP contribution in [0, 0.1) is 5.92 Å². The summed E-state index contributed by atoms with van der Waals surface area (Å²) >= 11 is 0. The maximum atomic E-state index is 10.6. The third-order valence-corrected chi connectivity index (χ3v) is 2.17. The first-order chi connectivity index (χ1) is 7.41. The molecule has 0 bridgehead atoms. The normalized spacial score (nSPS) is 12.5. The van der Waals surface area contributed by atoms with Crippen molar-refractivity contribution in [1.29, 1.82) is 0 Å². The van der Waals surface area contributed by atoms with E-state index in [2.05, 4.69) is 24.2 Å². The molecule has 0 unspecified atom stereocenters. The maximum absolute atomic E-state index is 10.6. The van der Waals surface area contributed by atoms with E-state index in [9.17, 15) is 9.59 Å². The number of hydrogen-bond donors (Lipinski definition) is 2. The fourth-order valence-corrected chi connectivity index (χ4v) is 1.26. The highest BCUT2D eigenvalue weighted by molar-refractivity contribution is 5.66. The molecule has 0 saturated carbocycles. The standard InChI is InChI=1S/C11H21NO4/c1-8(2)4-5-10(6-7-11(14)15)12-16-9(3)13/h8,10,12H,4-7H2,1-3H3,(H,14,15)/t10-/m0/s1. The van der Waals surface area contributed by atoms with Crippen LogP contribution in [0.2, 0.25) is 0 Å². The summed E-state index contributed by atoms with van der Waals surface area (Å²) in [6, 6.07) is -0.0811. The number of hydrogen-bond acceptors (Lipinski definition) is 4. The van der Waals surface area contributed by atoms with Crippen molar-refractivity contribution in [2.24, 2.45) is 5.92 Å². The van der Waals surface area contributed by atoms with Gasteiger partial charge in [0, 0.05) is 19.4 Å². The highest BCUT2D eigenvalue weighted by atomic mass is 16.7. The molecule has 16 heavy (non-hydrogen) atoms. The van der Waals surface area contributed by atoms with E-state index in [4.69, 9.17) is 5.11 Å². The molecule has 0 fully saturated rings. The lowest BCUT2D eigenvalue weighted by Crippen LogP contribution is -2.31. The summed E-state index contributed by atoms with van der Waals surface area (Å²) in [5, 5.41) is 8.58. The van der Waals surface area contributed by atoms with Gasteiger partial charge >= 0.3 is 11.9 Å². The van der Waals surface area contributed by atoms with E-state index in [-0.39, 0.29) is 12.5 Å². The van der Waals surface area contributed by atoms with Gasteiger partial charge in [0.1, 0.15) is 0 Å². The van der Waals surface area contributed by atoms with Crippen molar-refractivity contribution in [3.05, 3.63) is 0 Å². The predicted octanol–water partition coefficient (Wildman–Crippen LogP) is 1.72. The molecular weight excluding hydrogens is 210 g/mol. The Morgan fingerprint density at radius 2 is 1.88 bits per heavy atom. The molecule has 1 atom stereocenters. The Morgan fingerprint density at radius 1 is 1.25 bits per heavy atom. The smallest absolute Gasteiger partial charge is 0.321 e. The van der Waals surface area contributed by atoms with E-state index in [1.807, 2.05) is 0 Å². The van der Waals surface area contributed by atoms with Crippen LogP contribution in [-0.2, 0) is 14.4 Å². The number of nitrogens with one attached hydrogen (secondary N) is 1. The van der Waals surface area contributed by atoms with E-state index >= 15 is 0 Å². The molecule has 0 rings (SSSR count). The number of carboxylic acids is 1. The number of carbonyl (C=O) groups is 2. The summed E-state index contributed by atoms with van der Waals surface area (Å²) in [5.74, 6) is -0.699. The number of aliphatic carboxylic acids is 1. The zero-order valence-electron chi connectivity index (χ0n) is 10.2. The van der Waals surface area contributed by atoms with Crippen molar-refractivity contribution in [1.82, 2.24) is 5.48 Å². The van der Waals surface area contributed by atoms with Crippen LogP contribution >= 0.6 is 0 Å². The van der Waals surface area contributed by atoms with Gasteiger partial charge in [0.2, 0.25) is 0 Å². The molecule has 0 aromatic carbocycles. The first-order valence-electron chi connectivity index (χ1n) is 5.56. The van der Waals surface area contributed by atoms with Gasteiger partial charge in [-0.1, -0.05) is 13.8 Å². The van der Waals surface area contributed by atoms with Crippen LogP contribution in [0.25, 0.3) is 0 Å². The molecule has 0 saturated heterocycles. The minimum atomic E-state index is -0.834. The first kappa shape index (κ1) is 14.9. The maximum Gasteiger partial charge on any atom is 0.321 e. The first-order valence-corrected chi connectivity index (χ1v) is 5.56. The molecule has 0 aromatic rings. The van der Waals surface area contributed by atoms with Crippen LogP contribution in [0.1, 0.15) is 46.5 Å². The molecule has 0 aliphatic rings. The van der Waals surface area contributed by atoms with Crippen molar-refractivity contribution >= 4 is 11.9 Å². The van der Waals surface area contributed by atoms with Gasteiger partial charge in [-0.3, -0.25) is 9.59 Å². The number of rotatable bonds is 8. The van der Waals surface area contributed by atoms with Crippen molar-refractivity contribution in [3.63, 3.8) is 0 Å². The molecule has 0 aliphatic carbocycles. The Labute approximate surface area is 96.1 Å². The molecule has 0 heterocycles. The van der Waals surface area contributed by atoms with Gasteiger partial charge in [-0.05, 0) is 25.2 Å². The Bertz CT molecular complexity index is 210. The Balaban J connectivity index is 3.94. The fraction of sp³-hybridized carbons (Fsp3) is 0.818. The van der Waals surface area contributed by atoms with Crippen LogP contribution < -0.4 is 5.48 Å². The summed E-state index contributed by atoms with van der Waals surface area (Å²) in [6.07, 6.45) is 2.32. The second-order valence-electron chi connectivity index (χ2n) is 4.31. The van der Waals surface area contributed by atoms with Crippen molar-refractivity contribution < 1.29 is 19.5 Å². The summed E-state index contributed by atoms with van der Waals surface area (Å²) in [6.45, 7) is 5.50. The minimum absolute atomic E-state index is 0.0804. The van der Waals surface area contributed by atoms with Gasteiger partial charge < -0.3 is 9.94 Å². The van der Waals surface area contributed by atoms with Gasteiger partial charge in [-0.25, -0.2) is 0 Å². The molecular formula is C11H21NO4. The Kier molecular flexibility index (Phi) is 7.54. The number of hydroxylamine groups is 1. The molecule has 0 aromatic heterocycles. The largest absolute Gasteiger partial charge is 0.481 e. The summed E-state index contributed by atoms with van der Waals surface area (Å²) in [5.41, 5.74) is 2.62. The monoisotopic (exact) mass is 231 g/mol. The lowest BCUT2D eigenvalue weighted by molar-refractivity contribution is -0.150. The molecule has 0 amide bonds. The zero-order chi connectivity index (χ0) is 12.6.